The van der Waals surface area contributed by atoms with Gasteiger partial charge in [0.2, 0.25) is 0 Å². The largest absolute Gasteiger partial charge is 0.391 e. The molecule has 6 heteroatoms. The first-order chi connectivity index (χ1) is 17.2. The molecule has 0 amide bonds. The van der Waals surface area contributed by atoms with E-state index in [4.69, 9.17) is 18.9 Å². The van der Waals surface area contributed by atoms with Gasteiger partial charge in [-0.05, 0) is 29.4 Å². The number of thioether (sulfide) groups is 1. The Bertz CT molecular complexity index is 880. The molecule has 188 valence electrons. The van der Waals surface area contributed by atoms with Crippen LogP contribution in [-0.2, 0) is 38.8 Å². The molecule has 35 heavy (non-hydrogen) atoms. The Morgan fingerprint density at radius 3 is 1.60 bits per heavy atom. The van der Waals surface area contributed by atoms with E-state index in [1.54, 1.807) is 18.7 Å². The van der Waals surface area contributed by atoms with Crippen LogP contribution in [0.2, 0.25) is 0 Å². The minimum absolute atomic E-state index is 0.261. The Labute approximate surface area is 213 Å². The first kappa shape index (κ1) is 27.4. The molecule has 1 N–H and O–H groups in total. The number of rotatable bonds is 16. The Morgan fingerprint density at radius 1 is 0.714 bits per heavy atom. The molecule has 0 aromatic heterocycles. The van der Waals surface area contributed by atoms with E-state index in [1.807, 2.05) is 91.0 Å². The standard InChI is InChI=1S/C29H36O5S/c1-3-35-29(34-27(23(2)30)22-31-19-24-13-7-4-8-14-24)28(32-20-25-15-9-5-10-16-25)33-21-26-17-11-6-12-18-26/h4-18,23,27-30H,3,19-22H2,1-2H3. The third-order valence-electron chi connectivity index (χ3n) is 5.31. The normalized spacial score (nSPS) is 14.1. The molecule has 0 heterocycles. The van der Waals surface area contributed by atoms with E-state index in [1.165, 1.54) is 0 Å². The summed E-state index contributed by atoms with van der Waals surface area (Å²) in [6.45, 7) is 5.29. The zero-order valence-electron chi connectivity index (χ0n) is 20.5. The molecule has 0 aliphatic rings. The quantitative estimate of drug-likeness (QED) is 0.253. The summed E-state index contributed by atoms with van der Waals surface area (Å²) in [5.74, 6) is 0.808. The van der Waals surface area contributed by atoms with Crippen molar-refractivity contribution in [2.75, 3.05) is 12.4 Å². The van der Waals surface area contributed by atoms with Crippen molar-refractivity contribution in [3.63, 3.8) is 0 Å². The first-order valence-corrected chi connectivity index (χ1v) is 13.1. The van der Waals surface area contributed by atoms with Crippen LogP contribution in [-0.4, -0.2) is 41.4 Å². The van der Waals surface area contributed by atoms with E-state index in [9.17, 15) is 5.11 Å². The van der Waals surface area contributed by atoms with E-state index in [0.29, 0.717) is 19.8 Å². The van der Waals surface area contributed by atoms with Gasteiger partial charge in [0.05, 0.1) is 32.5 Å². The first-order valence-electron chi connectivity index (χ1n) is 12.0. The SMILES string of the molecule is CCSC(OC(COCc1ccccc1)C(C)O)C(OCc1ccccc1)OCc1ccccc1. The number of ether oxygens (including phenoxy) is 4. The molecule has 5 nitrogen and oxygen atoms in total. The van der Waals surface area contributed by atoms with Gasteiger partial charge in [-0.25, -0.2) is 0 Å². The molecule has 0 spiro atoms. The van der Waals surface area contributed by atoms with Gasteiger partial charge >= 0.3 is 0 Å². The number of hydrogen-bond acceptors (Lipinski definition) is 6. The molecule has 3 aromatic rings. The Kier molecular flexibility index (Phi) is 12.3. The highest BCUT2D eigenvalue weighted by Gasteiger charge is 2.29. The minimum Gasteiger partial charge on any atom is -0.391 e. The molecule has 0 aliphatic heterocycles. The second-order valence-corrected chi connectivity index (χ2v) is 9.58. The van der Waals surface area contributed by atoms with Gasteiger partial charge in [0, 0.05) is 0 Å². The lowest BCUT2D eigenvalue weighted by atomic mass is 10.2. The van der Waals surface area contributed by atoms with Crippen LogP contribution >= 0.6 is 11.8 Å². The molecular formula is C29H36O5S. The third-order valence-corrected chi connectivity index (χ3v) is 6.30. The Hall–Kier alpha value is -2.19. The predicted molar refractivity (Wildman–Crippen MR) is 141 cm³/mol. The number of benzene rings is 3. The number of aliphatic hydroxyl groups excluding tert-OH is 1. The fourth-order valence-electron chi connectivity index (χ4n) is 3.39. The van der Waals surface area contributed by atoms with Crippen molar-refractivity contribution in [1.82, 2.24) is 0 Å². The summed E-state index contributed by atoms with van der Waals surface area (Å²) in [5.41, 5.74) is 2.75. The van der Waals surface area contributed by atoms with Crippen molar-refractivity contribution in [2.45, 2.75) is 57.6 Å². The lowest BCUT2D eigenvalue weighted by molar-refractivity contribution is -0.214. The van der Waals surface area contributed by atoms with Gasteiger partial charge in [0.25, 0.3) is 0 Å². The zero-order valence-corrected chi connectivity index (χ0v) is 21.3. The second kappa shape index (κ2) is 15.7. The van der Waals surface area contributed by atoms with Crippen molar-refractivity contribution >= 4 is 11.8 Å². The van der Waals surface area contributed by atoms with Crippen LogP contribution in [0.1, 0.15) is 30.5 Å². The van der Waals surface area contributed by atoms with E-state index in [-0.39, 0.29) is 6.61 Å². The highest BCUT2D eigenvalue weighted by molar-refractivity contribution is 7.99. The number of hydrogen-bond donors (Lipinski definition) is 1. The van der Waals surface area contributed by atoms with E-state index in [2.05, 4.69) is 6.92 Å². The van der Waals surface area contributed by atoms with Crippen molar-refractivity contribution in [3.05, 3.63) is 108 Å². The Morgan fingerprint density at radius 2 is 1.17 bits per heavy atom. The maximum Gasteiger partial charge on any atom is 0.194 e. The maximum absolute atomic E-state index is 10.4. The van der Waals surface area contributed by atoms with Gasteiger partial charge in [0.15, 0.2) is 11.7 Å². The molecule has 0 bridgehead atoms. The monoisotopic (exact) mass is 496 g/mol. The third kappa shape index (κ3) is 10.1. The maximum atomic E-state index is 10.4. The lowest BCUT2D eigenvalue weighted by Gasteiger charge is -2.31. The molecule has 0 aliphatic carbocycles. The summed E-state index contributed by atoms with van der Waals surface area (Å²) in [5, 5.41) is 10.4. The fourth-order valence-corrected chi connectivity index (χ4v) is 4.25. The fraction of sp³-hybridized carbons (Fsp3) is 0.379. The van der Waals surface area contributed by atoms with Crippen LogP contribution in [0.25, 0.3) is 0 Å². The van der Waals surface area contributed by atoms with Crippen LogP contribution in [0.3, 0.4) is 0 Å². The molecule has 0 saturated heterocycles. The molecular weight excluding hydrogens is 460 g/mol. The minimum atomic E-state index is -0.713. The highest BCUT2D eigenvalue weighted by atomic mass is 32.2. The summed E-state index contributed by atoms with van der Waals surface area (Å²) in [7, 11) is 0. The van der Waals surface area contributed by atoms with Crippen LogP contribution in [0, 0.1) is 0 Å². The molecule has 0 radical (unpaired) electrons. The van der Waals surface area contributed by atoms with Gasteiger partial charge in [0.1, 0.15) is 6.10 Å². The van der Waals surface area contributed by atoms with Crippen molar-refractivity contribution in [2.24, 2.45) is 0 Å². The van der Waals surface area contributed by atoms with Crippen LogP contribution in [0.15, 0.2) is 91.0 Å². The summed E-state index contributed by atoms with van der Waals surface area (Å²) < 4.78 is 24.7. The average Bonchev–Trinajstić information content (AvgIpc) is 2.89. The predicted octanol–water partition coefficient (Wildman–Crippen LogP) is 5.81. The molecule has 3 rings (SSSR count). The van der Waals surface area contributed by atoms with Gasteiger partial charge in [-0.3, -0.25) is 0 Å². The van der Waals surface area contributed by atoms with E-state index < -0.39 is 23.9 Å². The summed E-state index contributed by atoms with van der Waals surface area (Å²) in [6.07, 6.45) is -1.86. The molecule has 0 saturated carbocycles. The van der Waals surface area contributed by atoms with Crippen LogP contribution < -0.4 is 0 Å². The van der Waals surface area contributed by atoms with E-state index >= 15 is 0 Å². The number of aliphatic hydroxyl groups is 1. The van der Waals surface area contributed by atoms with Crippen molar-refractivity contribution < 1.29 is 24.1 Å². The molecule has 0 fully saturated rings. The van der Waals surface area contributed by atoms with Gasteiger partial charge in [-0.1, -0.05) is 97.9 Å². The smallest absolute Gasteiger partial charge is 0.194 e. The van der Waals surface area contributed by atoms with Gasteiger partial charge < -0.3 is 24.1 Å². The van der Waals surface area contributed by atoms with Crippen molar-refractivity contribution in [3.8, 4) is 0 Å². The van der Waals surface area contributed by atoms with Gasteiger partial charge in [-0.2, -0.15) is 0 Å². The van der Waals surface area contributed by atoms with E-state index in [0.717, 1.165) is 22.4 Å². The van der Waals surface area contributed by atoms with Crippen LogP contribution in [0.4, 0.5) is 0 Å². The van der Waals surface area contributed by atoms with Crippen LogP contribution in [0.5, 0.6) is 0 Å². The topological polar surface area (TPSA) is 57.2 Å². The second-order valence-electron chi connectivity index (χ2n) is 8.20. The molecule has 3 unspecified atom stereocenters. The van der Waals surface area contributed by atoms with Gasteiger partial charge in [-0.15, -0.1) is 11.8 Å². The lowest BCUT2D eigenvalue weighted by Crippen LogP contribution is -2.40. The summed E-state index contributed by atoms with van der Waals surface area (Å²) in [4.78, 5) is 0. The van der Waals surface area contributed by atoms with Crippen molar-refractivity contribution in [1.29, 1.82) is 0 Å². The molecule has 3 aromatic carbocycles. The summed E-state index contributed by atoms with van der Waals surface area (Å²) >= 11 is 1.59. The Balaban J connectivity index is 1.66. The summed E-state index contributed by atoms with van der Waals surface area (Å²) in [6, 6.07) is 30.0. The zero-order chi connectivity index (χ0) is 24.7. The average molecular weight is 497 g/mol. The molecule has 3 atom stereocenters. The highest BCUT2D eigenvalue weighted by Crippen LogP contribution is 2.25.